The highest BCUT2D eigenvalue weighted by Crippen LogP contribution is 2.49. The monoisotopic (exact) mass is 371 g/mol. The maximum Gasteiger partial charge on any atom is 0.334 e. The van der Waals surface area contributed by atoms with Gasteiger partial charge in [0.2, 0.25) is 0 Å². The molecule has 0 aliphatic heterocycles. The Morgan fingerprint density at radius 3 is 2.42 bits per heavy atom. The van der Waals surface area contributed by atoms with Crippen LogP contribution < -0.4 is 5.32 Å². The molecule has 0 unspecified atom stereocenters. The number of carbonyl (C=O) groups is 1. The minimum atomic E-state index is -3.10. The molecular formula is C20H22NO4P. The number of hydrogen-bond acceptors (Lipinski definition) is 4. The predicted octanol–water partition coefficient (Wildman–Crippen LogP) is 4.64. The van der Waals surface area contributed by atoms with Gasteiger partial charge in [-0.3, -0.25) is 9.36 Å². The lowest BCUT2D eigenvalue weighted by atomic mass is 9.92. The molecule has 0 saturated carbocycles. The summed E-state index contributed by atoms with van der Waals surface area (Å²) in [4.78, 5) is 12.5. The number of amides is 1. The van der Waals surface area contributed by atoms with Gasteiger partial charge in [0.05, 0.1) is 6.16 Å². The molecule has 0 bridgehead atoms. The Hall–Kier alpha value is -2.20. The summed E-state index contributed by atoms with van der Waals surface area (Å²) < 4.78 is 22.1. The van der Waals surface area contributed by atoms with Crippen LogP contribution in [0.15, 0.2) is 54.1 Å². The summed E-state index contributed by atoms with van der Waals surface area (Å²) >= 11 is 0. The van der Waals surface area contributed by atoms with Crippen LogP contribution in [0.4, 0.5) is 5.69 Å². The summed E-state index contributed by atoms with van der Waals surface area (Å²) in [5, 5.41) is 2.92. The Morgan fingerprint density at radius 2 is 1.73 bits per heavy atom. The van der Waals surface area contributed by atoms with Gasteiger partial charge in [-0.15, -0.1) is 0 Å². The fourth-order valence-electron chi connectivity index (χ4n) is 2.94. The van der Waals surface area contributed by atoms with Gasteiger partial charge < -0.3 is 14.4 Å². The van der Waals surface area contributed by atoms with E-state index in [9.17, 15) is 9.36 Å². The SMILES string of the molecule is COP(=O)(Cc1ccc(NC(=O)C2=Cc3ccccc3CC2)cc1)OC. The first kappa shape index (κ1) is 18.6. The van der Waals surface area contributed by atoms with Crippen LogP contribution in [0, 0.1) is 0 Å². The molecule has 0 radical (unpaired) electrons. The third-order valence-corrected chi connectivity index (χ3v) is 6.35. The van der Waals surface area contributed by atoms with Crippen molar-refractivity contribution in [1.29, 1.82) is 0 Å². The third-order valence-electron chi connectivity index (χ3n) is 4.48. The highest BCUT2D eigenvalue weighted by molar-refractivity contribution is 7.52. The molecule has 136 valence electrons. The number of benzene rings is 2. The van der Waals surface area contributed by atoms with E-state index >= 15 is 0 Å². The summed E-state index contributed by atoms with van der Waals surface area (Å²) in [6, 6.07) is 15.3. The molecule has 0 atom stereocenters. The number of hydrogen-bond donors (Lipinski definition) is 1. The molecule has 1 aliphatic carbocycles. The maximum atomic E-state index is 12.5. The lowest BCUT2D eigenvalue weighted by molar-refractivity contribution is -0.112. The van der Waals surface area contributed by atoms with Crippen LogP contribution in [0.1, 0.15) is 23.1 Å². The molecule has 1 amide bonds. The third kappa shape index (κ3) is 4.31. The zero-order valence-corrected chi connectivity index (χ0v) is 15.8. The first-order valence-electron chi connectivity index (χ1n) is 8.42. The average molecular weight is 371 g/mol. The lowest BCUT2D eigenvalue weighted by Gasteiger charge is -2.16. The number of rotatable bonds is 6. The van der Waals surface area contributed by atoms with Gasteiger partial charge in [-0.2, -0.15) is 0 Å². The number of anilines is 1. The molecule has 2 aromatic rings. The average Bonchev–Trinajstić information content (AvgIpc) is 2.69. The zero-order chi connectivity index (χ0) is 18.6. The second-order valence-electron chi connectivity index (χ2n) is 6.15. The maximum absolute atomic E-state index is 12.5. The summed E-state index contributed by atoms with van der Waals surface area (Å²) in [6.07, 6.45) is 3.75. The van der Waals surface area contributed by atoms with Crippen LogP contribution in [0.3, 0.4) is 0 Å². The first-order chi connectivity index (χ1) is 12.5. The summed E-state index contributed by atoms with van der Waals surface area (Å²) in [6.45, 7) is 0. The van der Waals surface area contributed by atoms with E-state index in [4.69, 9.17) is 9.05 Å². The van der Waals surface area contributed by atoms with E-state index in [1.165, 1.54) is 19.8 Å². The number of carbonyl (C=O) groups excluding carboxylic acids is 1. The number of fused-ring (bicyclic) bond motifs is 1. The normalized spacial score (nSPS) is 13.7. The van der Waals surface area contributed by atoms with Crippen molar-refractivity contribution in [2.75, 3.05) is 19.5 Å². The van der Waals surface area contributed by atoms with Gasteiger partial charge in [-0.05, 0) is 47.7 Å². The van der Waals surface area contributed by atoms with Crippen molar-refractivity contribution >= 4 is 25.3 Å². The van der Waals surface area contributed by atoms with Crippen molar-refractivity contribution in [3.05, 3.63) is 70.8 Å². The Bertz CT molecular complexity index is 866. The molecule has 3 rings (SSSR count). The first-order valence-corrected chi connectivity index (χ1v) is 10.1. The van der Waals surface area contributed by atoms with Crippen LogP contribution in [-0.4, -0.2) is 20.1 Å². The molecule has 1 N–H and O–H groups in total. The van der Waals surface area contributed by atoms with E-state index in [1.54, 1.807) is 12.1 Å². The smallest absolute Gasteiger partial charge is 0.322 e. The molecule has 2 aromatic carbocycles. The van der Waals surface area contributed by atoms with E-state index in [0.717, 1.165) is 29.5 Å². The Labute approximate surface area is 153 Å². The van der Waals surface area contributed by atoms with Gasteiger partial charge in [0, 0.05) is 25.5 Å². The molecule has 0 fully saturated rings. The van der Waals surface area contributed by atoms with Crippen molar-refractivity contribution in [3.63, 3.8) is 0 Å². The molecule has 1 aliphatic rings. The van der Waals surface area contributed by atoms with E-state index in [1.807, 2.05) is 36.4 Å². The lowest BCUT2D eigenvalue weighted by Crippen LogP contribution is -2.16. The van der Waals surface area contributed by atoms with Crippen LogP contribution in [0.25, 0.3) is 6.08 Å². The van der Waals surface area contributed by atoms with Gasteiger partial charge in [-0.1, -0.05) is 36.4 Å². The highest BCUT2D eigenvalue weighted by atomic mass is 31.2. The van der Waals surface area contributed by atoms with Gasteiger partial charge in [0.25, 0.3) is 5.91 Å². The predicted molar refractivity (Wildman–Crippen MR) is 103 cm³/mol. The quantitative estimate of drug-likeness (QED) is 0.752. The van der Waals surface area contributed by atoms with Crippen LogP contribution in [0.2, 0.25) is 0 Å². The summed E-state index contributed by atoms with van der Waals surface area (Å²) in [5.74, 6) is -0.0910. The molecular weight excluding hydrogens is 349 g/mol. The van der Waals surface area contributed by atoms with Crippen molar-refractivity contribution < 1.29 is 18.4 Å². The van der Waals surface area contributed by atoms with Crippen molar-refractivity contribution in [1.82, 2.24) is 0 Å². The standard InChI is InChI=1S/C20H22NO4P/c1-24-26(23,25-2)14-15-7-11-19(12-8-15)21-20(22)18-10-9-16-5-3-4-6-17(16)13-18/h3-8,11-13H,9-10,14H2,1-2H3,(H,21,22). The topological polar surface area (TPSA) is 64.6 Å². The van der Waals surface area contributed by atoms with E-state index in [2.05, 4.69) is 11.4 Å². The van der Waals surface area contributed by atoms with Gasteiger partial charge in [-0.25, -0.2) is 0 Å². The molecule has 6 heteroatoms. The van der Waals surface area contributed by atoms with Gasteiger partial charge in [0.1, 0.15) is 0 Å². The molecule has 0 heterocycles. The minimum absolute atomic E-state index is 0.0910. The zero-order valence-electron chi connectivity index (χ0n) is 14.9. The number of nitrogens with one attached hydrogen (secondary N) is 1. The summed E-state index contributed by atoms with van der Waals surface area (Å²) in [7, 11) is -0.355. The minimum Gasteiger partial charge on any atom is -0.322 e. The molecule has 26 heavy (non-hydrogen) atoms. The van der Waals surface area contributed by atoms with Crippen LogP contribution in [0.5, 0.6) is 0 Å². The summed E-state index contributed by atoms with van der Waals surface area (Å²) in [5.41, 5.74) is 4.67. The molecule has 5 nitrogen and oxygen atoms in total. The fourth-order valence-corrected chi connectivity index (χ4v) is 4.01. The molecule has 0 aromatic heterocycles. The highest BCUT2D eigenvalue weighted by Gasteiger charge is 2.21. The second kappa shape index (κ2) is 8.00. The molecule has 0 spiro atoms. The van der Waals surface area contributed by atoms with Crippen molar-refractivity contribution in [2.45, 2.75) is 19.0 Å². The fraction of sp³-hybridized carbons (Fsp3) is 0.250. The Balaban J connectivity index is 1.67. The van der Waals surface area contributed by atoms with Crippen LogP contribution >= 0.6 is 7.60 Å². The second-order valence-corrected chi connectivity index (χ2v) is 8.42. The van der Waals surface area contributed by atoms with Gasteiger partial charge in [0.15, 0.2) is 0 Å². The Morgan fingerprint density at radius 1 is 1.04 bits per heavy atom. The van der Waals surface area contributed by atoms with E-state index in [0.29, 0.717) is 5.69 Å². The van der Waals surface area contributed by atoms with Crippen molar-refractivity contribution in [3.8, 4) is 0 Å². The largest absolute Gasteiger partial charge is 0.334 e. The molecule has 0 saturated heterocycles. The Kier molecular flexibility index (Phi) is 5.72. The van der Waals surface area contributed by atoms with Crippen LogP contribution in [-0.2, 0) is 31.0 Å². The van der Waals surface area contributed by atoms with E-state index < -0.39 is 7.60 Å². The van der Waals surface area contributed by atoms with Crippen molar-refractivity contribution in [2.24, 2.45) is 0 Å². The van der Waals surface area contributed by atoms with E-state index in [-0.39, 0.29) is 12.1 Å². The number of aryl methyl sites for hydroxylation is 1. The van der Waals surface area contributed by atoms with Gasteiger partial charge >= 0.3 is 7.60 Å².